The molecule has 1 heterocycles. The van der Waals surface area contributed by atoms with Gasteiger partial charge in [0.1, 0.15) is 0 Å². The molecule has 0 saturated carbocycles. The molecule has 3 amide bonds. The van der Waals surface area contributed by atoms with E-state index in [0.29, 0.717) is 22.6 Å². The van der Waals surface area contributed by atoms with Crippen molar-refractivity contribution >= 4 is 34.8 Å². The number of amides is 3. The molecule has 0 saturated heterocycles. The molecule has 30 heavy (non-hydrogen) atoms. The summed E-state index contributed by atoms with van der Waals surface area (Å²) in [5.41, 5.74) is 2.26. The van der Waals surface area contributed by atoms with Crippen LogP contribution < -0.4 is 16.0 Å². The summed E-state index contributed by atoms with van der Waals surface area (Å²) in [5.74, 6) is -0.564. The third-order valence-electron chi connectivity index (χ3n) is 4.12. The molecule has 2 aromatic carbocycles. The lowest BCUT2D eigenvalue weighted by Crippen LogP contribution is -2.23. The SMILES string of the molecule is CN(C)C(=O)c1cccc(NCC(=O)Nc2cccc(NC(=O)c3ccco3)c2)c1. The zero-order chi connectivity index (χ0) is 21.5. The van der Waals surface area contributed by atoms with E-state index in [4.69, 9.17) is 4.42 Å². The van der Waals surface area contributed by atoms with Crippen molar-refractivity contribution in [1.29, 1.82) is 0 Å². The van der Waals surface area contributed by atoms with E-state index in [1.54, 1.807) is 74.8 Å². The summed E-state index contributed by atoms with van der Waals surface area (Å²) in [4.78, 5) is 37.9. The van der Waals surface area contributed by atoms with Crippen molar-refractivity contribution in [3.8, 4) is 0 Å². The van der Waals surface area contributed by atoms with E-state index < -0.39 is 0 Å². The molecular formula is C22H22N4O4. The molecule has 0 unspecified atom stereocenters. The largest absolute Gasteiger partial charge is 0.459 e. The molecule has 154 valence electrons. The number of anilines is 3. The monoisotopic (exact) mass is 406 g/mol. The van der Waals surface area contributed by atoms with E-state index in [9.17, 15) is 14.4 Å². The lowest BCUT2D eigenvalue weighted by atomic mass is 10.2. The number of carbonyl (C=O) groups is 3. The van der Waals surface area contributed by atoms with Gasteiger partial charge in [0.05, 0.1) is 12.8 Å². The van der Waals surface area contributed by atoms with E-state index in [-0.39, 0.29) is 30.0 Å². The highest BCUT2D eigenvalue weighted by molar-refractivity contribution is 6.03. The van der Waals surface area contributed by atoms with Crippen molar-refractivity contribution in [3.63, 3.8) is 0 Å². The molecule has 8 nitrogen and oxygen atoms in total. The van der Waals surface area contributed by atoms with Gasteiger partial charge in [-0.25, -0.2) is 0 Å². The van der Waals surface area contributed by atoms with Gasteiger partial charge in [-0.1, -0.05) is 12.1 Å². The molecule has 0 radical (unpaired) electrons. The third-order valence-corrected chi connectivity index (χ3v) is 4.12. The van der Waals surface area contributed by atoms with Crippen LogP contribution in [0.5, 0.6) is 0 Å². The smallest absolute Gasteiger partial charge is 0.291 e. The van der Waals surface area contributed by atoms with Crippen molar-refractivity contribution in [2.45, 2.75) is 0 Å². The van der Waals surface area contributed by atoms with Crippen LogP contribution >= 0.6 is 0 Å². The lowest BCUT2D eigenvalue weighted by Gasteiger charge is -2.12. The fourth-order valence-corrected chi connectivity index (χ4v) is 2.68. The fourth-order valence-electron chi connectivity index (χ4n) is 2.68. The number of carbonyl (C=O) groups excluding carboxylic acids is 3. The van der Waals surface area contributed by atoms with Gasteiger partial charge < -0.3 is 25.3 Å². The molecule has 8 heteroatoms. The third kappa shape index (κ3) is 5.48. The Labute approximate surface area is 173 Å². The summed E-state index contributed by atoms with van der Waals surface area (Å²) in [6.45, 7) is 0.0165. The van der Waals surface area contributed by atoms with Gasteiger partial charge in [-0.3, -0.25) is 14.4 Å². The van der Waals surface area contributed by atoms with Gasteiger partial charge in [0.25, 0.3) is 11.8 Å². The lowest BCUT2D eigenvalue weighted by molar-refractivity contribution is -0.114. The highest BCUT2D eigenvalue weighted by Crippen LogP contribution is 2.17. The molecule has 0 aliphatic rings. The topological polar surface area (TPSA) is 104 Å². The van der Waals surface area contributed by atoms with Gasteiger partial charge in [-0.05, 0) is 48.5 Å². The Morgan fingerprint density at radius 1 is 0.867 bits per heavy atom. The number of nitrogens with one attached hydrogen (secondary N) is 3. The average Bonchev–Trinajstić information content (AvgIpc) is 3.27. The van der Waals surface area contributed by atoms with Crippen LogP contribution in [-0.2, 0) is 4.79 Å². The first-order valence-electron chi connectivity index (χ1n) is 9.23. The minimum atomic E-state index is -0.378. The van der Waals surface area contributed by atoms with E-state index in [1.807, 2.05) is 0 Å². The van der Waals surface area contributed by atoms with Gasteiger partial charge in [0, 0.05) is 36.7 Å². The highest BCUT2D eigenvalue weighted by atomic mass is 16.3. The predicted molar refractivity (Wildman–Crippen MR) is 115 cm³/mol. The van der Waals surface area contributed by atoms with Crippen LogP contribution in [0.3, 0.4) is 0 Å². The summed E-state index contributed by atoms with van der Waals surface area (Å²) in [6.07, 6.45) is 1.42. The Balaban J connectivity index is 1.56. The maximum absolute atomic E-state index is 12.3. The summed E-state index contributed by atoms with van der Waals surface area (Å²) >= 11 is 0. The number of rotatable bonds is 7. The Bertz CT molecular complexity index is 1040. The molecule has 3 aromatic rings. The van der Waals surface area contributed by atoms with Gasteiger partial charge in [-0.2, -0.15) is 0 Å². The first-order chi connectivity index (χ1) is 14.4. The van der Waals surface area contributed by atoms with Crippen molar-refractivity contribution in [2.24, 2.45) is 0 Å². The van der Waals surface area contributed by atoms with Crippen LogP contribution in [0.2, 0.25) is 0 Å². The number of hydrogen-bond acceptors (Lipinski definition) is 5. The van der Waals surface area contributed by atoms with Crippen LogP contribution in [0.1, 0.15) is 20.9 Å². The molecule has 3 rings (SSSR count). The normalized spacial score (nSPS) is 10.2. The molecule has 0 aliphatic heterocycles. The summed E-state index contributed by atoms with van der Waals surface area (Å²) in [6, 6.07) is 16.9. The van der Waals surface area contributed by atoms with Crippen LogP contribution in [0, 0.1) is 0 Å². The van der Waals surface area contributed by atoms with Crippen molar-refractivity contribution in [1.82, 2.24) is 4.90 Å². The zero-order valence-corrected chi connectivity index (χ0v) is 16.6. The molecule has 3 N–H and O–H groups in total. The number of hydrogen-bond donors (Lipinski definition) is 3. The molecular weight excluding hydrogens is 384 g/mol. The Hall–Kier alpha value is -4.07. The van der Waals surface area contributed by atoms with Gasteiger partial charge in [-0.15, -0.1) is 0 Å². The first-order valence-corrected chi connectivity index (χ1v) is 9.23. The van der Waals surface area contributed by atoms with E-state index in [1.165, 1.54) is 11.2 Å². The Morgan fingerprint density at radius 3 is 2.27 bits per heavy atom. The van der Waals surface area contributed by atoms with Gasteiger partial charge in [0.15, 0.2) is 5.76 Å². The van der Waals surface area contributed by atoms with Gasteiger partial charge in [0.2, 0.25) is 5.91 Å². The van der Waals surface area contributed by atoms with Crippen LogP contribution in [0.15, 0.2) is 71.3 Å². The quantitative estimate of drug-likeness (QED) is 0.559. The second-order valence-electron chi connectivity index (χ2n) is 6.69. The summed E-state index contributed by atoms with van der Waals surface area (Å²) in [7, 11) is 3.36. The van der Waals surface area contributed by atoms with E-state index in [2.05, 4.69) is 16.0 Å². The standard InChI is InChI=1S/C22H22N4O4/c1-26(2)22(29)15-6-3-7-16(12-15)23-14-20(27)24-17-8-4-9-18(13-17)25-21(28)19-10-5-11-30-19/h3-13,23H,14H2,1-2H3,(H,24,27)(H,25,28). The second kappa shape index (κ2) is 9.42. The van der Waals surface area contributed by atoms with Crippen LogP contribution in [-0.4, -0.2) is 43.3 Å². The van der Waals surface area contributed by atoms with Gasteiger partial charge >= 0.3 is 0 Å². The van der Waals surface area contributed by atoms with Crippen molar-refractivity contribution in [3.05, 3.63) is 78.3 Å². The van der Waals surface area contributed by atoms with Crippen LogP contribution in [0.25, 0.3) is 0 Å². The molecule has 1 aromatic heterocycles. The molecule has 0 atom stereocenters. The average molecular weight is 406 g/mol. The minimum Gasteiger partial charge on any atom is -0.459 e. The zero-order valence-electron chi connectivity index (χ0n) is 16.6. The molecule has 0 spiro atoms. The highest BCUT2D eigenvalue weighted by Gasteiger charge is 2.11. The molecule has 0 aliphatic carbocycles. The summed E-state index contributed by atoms with van der Waals surface area (Å²) in [5, 5.41) is 8.47. The number of nitrogens with zero attached hydrogens (tertiary/aromatic N) is 1. The number of benzene rings is 2. The Morgan fingerprint density at radius 2 is 1.57 bits per heavy atom. The van der Waals surface area contributed by atoms with Crippen molar-refractivity contribution < 1.29 is 18.8 Å². The Kier molecular flexibility index (Phi) is 6.49. The summed E-state index contributed by atoms with van der Waals surface area (Å²) < 4.78 is 5.06. The van der Waals surface area contributed by atoms with Crippen molar-refractivity contribution in [2.75, 3.05) is 36.6 Å². The predicted octanol–water partition coefficient (Wildman–Crippen LogP) is 3.28. The van der Waals surface area contributed by atoms with Crippen LogP contribution in [0.4, 0.5) is 17.1 Å². The van der Waals surface area contributed by atoms with E-state index in [0.717, 1.165) is 0 Å². The molecule has 0 fully saturated rings. The molecule has 0 bridgehead atoms. The maximum Gasteiger partial charge on any atom is 0.291 e. The minimum absolute atomic E-state index is 0.0165. The number of furan rings is 1. The fraction of sp³-hybridized carbons (Fsp3) is 0.136. The van der Waals surface area contributed by atoms with E-state index >= 15 is 0 Å². The first kappa shape index (κ1) is 20.7. The second-order valence-corrected chi connectivity index (χ2v) is 6.69. The maximum atomic E-state index is 12.3.